The zero-order chi connectivity index (χ0) is 35.8. The van der Waals surface area contributed by atoms with Gasteiger partial charge in [-0.2, -0.15) is 35.1 Å². The molecule has 0 aromatic heterocycles. The van der Waals surface area contributed by atoms with E-state index in [0.717, 1.165) is 28.7 Å². The lowest BCUT2D eigenvalue weighted by Gasteiger charge is -2.42. The highest BCUT2D eigenvalue weighted by atomic mass is 19.4. The molecule has 4 rings (SSSR count). The van der Waals surface area contributed by atoms with Crippen molar-refractivity contribution < 1.29 is 49.4 Å². The van der Waals surface area contributed by atoms with Gasteiger partial charge in [0.2, 0.25) is 5.91 Å². The molecule has 2 unspecified atom stereocenters. The molecule has 2 saturated heterocycles. The molecule has 1 aliphatic carbocycles. The third-order valence-corrected chi connectivity index (χ3v) is 9.21. The molecule has 0 spiro atoms. The number of ether oxygens (including phenoxy) is 1. The molecule has 2 aliphatic heterocycles. The van der Waals surface area contributed by atoms with Gasteiger partial charge in [-0.15, -0.1) is 0 Å². The van der Waals surface area contributed by atoms with Gasteiger partial charge in [-0.05, 0) is 93.5 Å². The molecule has 14 heteroatoms. The Labute approximate surface area is 274 Å². The van der Waals surface area contributed by atoms with Crippen molar-refractivity contribution in [1.82, 2.24) is 14.7 Å². The number of likely N-dealkylation sites (tertiary alicyclic amines) is 1. The first-order valence-corrected chi connectivity index (χ1v) is 15.7. The second-order valence-electron chi connectivity index (χ2n) is 12.4. The van der Waals surface area contributed by atoms with Gasteiger partial charge in [-0.25, -0.2) is 4.79 Å². The fourth-order valence-electron chi connectivity index (χ4n) is 6.62. The minimum atomic E-state index is -5.00. The van der Waals surface area contributed by atoms with E-state index in [0.29, 0.717) is 56.7 Å². The summed E-state index contributed by atoms with van der Waals surface area (Å²) in [4.78, 5) is 30.1. The molecule has 6 nitrogen and oxygen atoms in total. The third kappa shape index (κ3) is 7.89. The van der Waals surface area contributed by atoms with Crippen LogP contribution >= 0.6 is 0 Å². The number of hydrogen-bond acceptors (Lipinski definition) is 4. The summed E-state index contributed by atoms with van der Waals surface area (Å²) in [6.45, 7) is 10.5. The van der Waals surface area contributed by atoms with E-state index in [1.807, 2.05) is 11.8 Å². The van der Waals surface area contributed by atoms with Crippen LogP contribution in [0, 0.1) is 0 Å². The second-order valence-corrected chi connectivity index (χ2v) is 12.4. The highest BCUT2D eigenvalue weighted by Crippen LogP contribution is 2.42. The van der Waals surface area contributed by atoms with Gasteiger partial charge in [0.05, 0.1) is 23.7 Å². The van der Waals surface area contributed by atoms with Gasteiger partial charge in [0.1, 0.15) is 6.10 Å². The van der Waals surface area contributed by atoms with Crippen LogP contribution in [0.15, 0.2) is 65.4 Å². The molecule has 2 amide bonds. The largest absolute Gasteiger partial charge is 0.439 e. The lowest BCUT2D eigenvalue weighted by atomic mass is 9.92. The predicted molar refractivity (Wildman–Crippen MR) is 163 cm³/mol. The number of carbonyl (C=O) groups is 2. The summed E-state index contributed by atoms with van der Waals surface area (Å²) in [5, 5.41) is 0. The Kier molecular flexibility index (Phi) is 10.7. The quantitative estimate of drug-likeness (QED) is 0.203. The maximum absolute atomic E-state index is 14.6. The Morgan fingerprint density at radius 3 is 2.21 bits per heavy atom. The van der Waals surface area contributed by atoms with Gasteiger partial charge in [-0.1, -0.05) is 12.7 Å². The first-order valence-electron chi connectivity index (χ1n) is 15.7. The topological polar surface area (TPSA) is 53.1 Å². The van der Waals surface area contributed by atoms with E-state index in [4.69, 9.17) is 4.74 Å². The monoisotopic (exact) mass is 689 g/mol. The summed E-state index contributed by atoms with van der Waals surface area (Å²) in [6.07, 6.45) is -8.34. The molecule has 0 N–H and O–H groups in total. The fraction of sp³-hybridized carbons (Fsp3) is 0.529. The van der Waals surface area contributed by atoms with E-state index in [1.54, 1.807) is 11.8 Å². The number of allylic oxidation sites excluding steroid dienone is 5. The summed E-state index contributed by atoms with van der Waals surface area (Å²) in [5.41, 5.74) is -2.18. The lowest BCUT2D eigenvalue weighted by Crippen LogP contribution is -2.47. The highest BCUT2D eigenvalue weighted by Gasteiger charge is 2.44. The van der Waals surface area contributed by atoms with Crippen LogP contribution in [-0.2, 0) is 21.6 Å². The van der Waals surface area contributed by atoms with Crippen LogP contribution in [0.2, 0.25) is 0 Å². The van der Waals surface area contributed by atoms with Gasteiger partial charge in [-0.3, -0.25) is 9.69 Å². The van der Waals surface area contributed by atoms with Crippen LogP contribution < -0.4 is 0 Å². The number of piperidine rings is 1. The van der Waals surface area contributed by atoms with Crippen molar-refractivity contribution in [2.24, 2.45) is 0 Å². The standard InChI is InChI=1S/C34H39F8N3O3/c1-6-32(35,36)26-15-23(16-27(18-26)34(40,41)42)30-21(4)45(31(47)48-30)19-24-17-25(33(37,38)39)10-8-9-20(3)29(24)44(7-2)28-11-13-43(14-12-28)22(5)46/h6,10,15-18,21,28,30H,1,7-9,11-14,19H2,2-5H3. The number of halogens is 8. The van der Waals surface area contributed by atoms with Crippen LogP contribution in [0.25, 0.3) is 0 Å². The number of alkyl halides is 8. The molecule has 3 aliphatic rings. The van der Waals surface area contributed by atoms with Gasteiger partial charge in [0.15, 0.2) is 0 Å². The Morgan fingerprint density at radius 2 is 1.67 bits per heavy atom. The molecular weight excluding hydrogens is 650 g/mol. The van der Waals surface area contributed by atoms with Crippen LogP contribution in [0.3, 0.4) is 0 Å². The first-order chi connectivity index (χ1) is 22.3. The molecular formula is C34H39F8N3O3. The third-order valence-electron chi connectivity index (χ3n) is 9.21. The number of nitrogens with zero attached hydrogens (tertiary/aromatic N) is 3. The van der Waals surface area contributed by atoms with E-state index in [1.165, 1.54) is 13.8 Å². The molecule has 48 heavy (non-hydrogen) atoms. The maximum Gasteiger partial charge on any atom is 0.416 e. The van der Waals surface area contributed by atoms with Crippen LogP contribution in [0.1, 0.15) is 76.2 Å². The first kappa shape index (κ1) is 37.0. The minimum absolute atomic E-state index is 0.0735. The van der Waals surface area contributed by atoms with Crippen LogP contribution in [0.4, 0.5) is 39.9 Å². The van der Waals surface area contributed by atoms with Crippen molar-refractivity contribution in [3.05, 3.63) is 82.1 Å². The zero-order valence-electron chi connectivity index (χ0n) is 27.2. The van der Waals surface area contributed by atoms with E-state index in [2.05, 4.69) is 6.58 Å². The summed E-state index contributed by atoms with van der Waals surface area (Å²) >= 11 is 0. The molecule has 1 aromatic carbocycles. The van der Waals surface area contributed by atoms with Gasteiger partial charge >= 0.3 is 18.4 Å². The average molecular weight is 690 g/mol. The van der Waals surface area contributed by atoms with Crippen molar-refractivity contribution in [2.75, 3.05) is 26.2 Å². The Balaban J connectivity index is 1.76. The number of hydrogen-bond donors (Lipinski definition) is 0. The van der Waals surface area contributed by atoms with E-state index in [9.17, 15) is 44.7 Å². The molecule has 264 valence electrons. The van der Waals surface area contributed by atoms with E-state index >= 15 is 0 Å². The Bertz CT molecular complexity index is 1500. The number of amides is 2. The molecule has 1 aromatic rings. The number of likely N-dealkylation sites (N-methyl/N-ethyl adjacent to an activating group) is 1. The average Bonchev–Trinajstić information content (AvgIpc) is 3.29. The summed E-state index contributed by atoms with van der Waals surface area (Å²) in [6, 6.07) is 0.570. The van der Waals surface area contributed by atoms with Crippen LogP contribution in [0.5, 0.6) is 0 Å². The molecule has 2 heterocycles. The number of cyclic esters (lactones) is 1. The Morgan fingerprint density at radius 1 is 1.04 bits per heavy atom. The zero-order valence-corrected chi connectivity index (χ0v) is 27.2. The molecule has 0 saturated carbocycles. The van der Waals surface area contributed by atoms with Gasteiger partial charge < -0.3 is 14.5 Å². The smallest absolute Gasteiger partial charge is 0.416 e. The molecule has 2 atom stereocenters. The van der Waals surface area contributed by atoms with Crippen LogP contribution in [-0.4, -0.2) is 71.1 Å². The molecule has 0 radical (unpaired) electrons. The highest BCUT2D eigenvalue weighted by molar-refractivity contribution is 5.73. The normalized spacial score (nSPS) is 21.8. The number of carbonyl (C=O) groups excluding carboxylic acids is 2. The summed E-state index contributed by atoms with van der Waals surface area (Å²) < 4.78 is 118. The van der Waals surface area contributed by atoms with E-state index in [-0.39, 0.29) is 35.6 Å². The fourth-order valence-corrected chi connectivity index (χ4v) is 6.62. The van der Waals surface area contributed by atoms with Crippen molar-refractivity contribution in [3.63, 3.8) is 0 Å². The van der Waals surface area contributed by atoms with Gasteiger partial charge in [0.25, 0.3) is 5.92 Å². The SMILES string of the molecule is C=CC(F)(F)c1cc(C2OC(=O)N(CC3=CC(C(F)(F)F)=CCCC(C)=C3N(CC)C3CCN(C(C)=O)CC3)C2C)cc(C(F)(F)F)c1. The lowest BCUT2D eigenvalue weighted by molar-refractivity contribution is -0.138. The van der Waals surface area contributed by atoms with E-state index < -0.39 is 59.8 Å². The maximum atomic E-state index is 14.6. The summed E-state index contributed by atoms with van der Waals surface area (Å²) in [5.74, 6) is -3.90. The second kappa shape index (κ2) is 13.9. The van der Waals surface area contributed by atoms with Gasteiger partial charge in [0, 0.05) is 43.9 Å². The van der Waals surface area contributed by atoms with Crippen molar-refractivity contribution in [2.45, 2.75) is 89.8 Å². The number of rotatable bonds is 8. The summed E-state index contributed by atoms with van der Waals surface area (Å²) in [7, 11) is 0. The van der Waals surface area contributed by atoms with Crippen molar-refractivity contribution in [1.29, 1.82) is 0 Å². The number of benzene rings is 1. The van der Waals surface area contributed by atoms with Crippen molar-refractivity contribution in [3.8, 4) is 0 Å². The predicted octanol–water partition coefficient (Wildman–Crippen LogP) is 8.68. The van der Waals surface area contributed by atoms with Crippen molar-refractivity contribution >= 4 is 12.0 Å². The molecule has 0 bridgehead atoms. The Hall–Kier alpha value is -3.84. The molecule has 2 fully saturated rings. The minimum Gasteiger partial charge on any atom is -0.439 e.